The van der Waals surface area contributed by atoms with E-state index in [-0.39, 0.29) is 22.8 Å². The van der Waals surface area contributed by atoms with E-state index < -0.39 is 27.4 Å². The fraction of sp³-hybridized carbons (Fsp3) is 0.263. The van der Waals surface area contributed by atoms with Crippen LogP contribution >= 0.6 is 0 Å². The molecular formula is C19H21N3O6S. The van der Waals surface area contributed by atoms with Crippen LogP contribution in [0.1, 0.15) is 41.5 Å². The fourth-order valence-electron chi connectivity index (χ4n) is 2.56. The second-order valence-electron chi connectivity index (χ2n) is 7.36. The minimum absolute atomic E-state index is 0.0535. The van der Waals surface area contributed by atoms with Gasteiger partial charge in [0.15, 0.2) is 11.5 Å². The van der Waals surface area contributed by atoms with E-state index >= 15 is 0 Å². The normalized spacial score (nSPS) is 13.1. The van der Waals surface area contributed by atoms with Crippen molar-refractivity contribution in [1.82, 2.24) is 15.6 Å². The van der Waals surface area contributed by atoms with Crippen molar-refractivity contribution >= 4 is 21.8 Å². The van der Waals surface area contributed by atoms with Crippen molar-refractivity contribution in [2.75, 3.05) is 6.79 Å². The summed E-state index contributed by atoms with van der Waals surface area (Å²) in [7, 11) is -3.80. The largest absolute Gasteiger partial charge is 0.454 e. The zero-order valence-corrected chi connectivity index (χ0v) is 16.9. The Hall–Kier alpha value is -3.11. The molecular weight excluding hydrogens is 398 g/mol. The Kier molecular flexibility index (Phi) is 5.49. The third-order valence-electron chi connectivity index (χ3n) is 3.77. The van der Waals surface area contributed by atoms with Gasteiger partial charge in [0.05, 0.1) is 4.90 Å². The summed E-state index contributed by atoms with van der Waals surface area (Å²) < 4.78 is 37.8. The lowest BCUT2D eigenvalue weighted by Gasteiger charge is -2.20. The molecule has 0 atom stereocenters. The molecule has 2 amide bonds. The van der Waals surface area contributed by atoms with Crippen molar-refractivity contribution in [2.24, 2.45) is 0 Å². The first-order valence-corrected chi connectivity index (χ1v) is 10.2. The zero-order valence-electron chi connectivity index (χ0n) is 16.1. The van der Waals surface area contributed by atoms with E-state index in [9.17, 15) is 18.0 Å². The molecule has 10 heteroatoms. The first-order valence-electron chi connectivity index (χ1n) is 8.69. The molecule has 29 heavy (non-hydrogen) atoms. The summed E-state index contributed by atoms with van der Waals surface area (Å²) in [6, 6.07) is 10.1. The molecule has 0 saturated heterocycles. The zero-order chi connectivity index (χ0) is 21.2. The van der Waals surface area contributed by atoms with E-state index in [0.29, 0.717) is 11.5 Å². The third kappa shape index (κ3) is 5.04. The molecule has 0 aromatic heterocycles. The molecule has 0 fully saturated rings. The van der Waals surface area contributed by atoms with Gasteiger partial charge in [-0.2, -0.15) is 0 Å². The number of sulfonamides is 1. The van der Waals surface area contributed by atoms with Crippen molar-refractivity contribution < 1.29 is 27.5 Å². The van der Waals surface area contributed by atoms with Crippen LogP contribution in [-0.4, -0.2) is 32.6 Å². The van der Waals surface area contributed by atoms with Gasteiger partial charge < -0.3 is 9.47 Å². The SMILES string of the molecule is CC(C)(C)NS(=O)(=O)c1cccc(C(=O)NNC(=O)c2ccc3c(c2)OCO3)c1. The summed E-state index contributed by atoms with van der Waals surface area (Å²) in [6.07, 6.45) is 0. The van der Waals surface area contributed by atoms with Crippen molar-refractivity contribution in [3.63, 3.8) is 0 Å². The Bertz CT molecular complexity index is 1060. The van der Waals surface area contributed by atoms with Gasteiger partial charge in [-0.1, -0.05) is 6.07 Å². The first-order chi connectivity index (χ1) is 13.5. The van der Waals surface area contributed by atoms with E-state index in [2.05, 4.69) is 15.6 Å². The van der Waals surface area contributed by atoms with Crippen molar-refractivity contribution in [3.8, 4) is 11.5 Å². The molecule has 0 saturated carbocycles. The van der Waals surface area contributed by atoms with Gasteiger partial charge in [-0.25, -0.2) is 13.1 Å². The van der Waals surface area contributed by atoms with Crippen molar-refractivity contribution in [1.29, 1.82) is 0 Å². The number of hydrazine groups is 1. The molecule has 9 nitrogen and oxygen atoms in total. The lowest BCUT2D eigenvalue weighted by molar-refractivity contribution is 0.0846. The van der Waals surface area contributed by atoms with Crippen LogP contribution in [0.5, 0.6) is 11.5 Å². The molecule has 2 aromatic carbocycles. The average molecular weight is 419 g/mol. The topological polar surface area (TPSA) is 123 Å². The lowest BCUT2D eigenvalue weighted by atomic mass is 10.1. The molecule has 0 radical (unpaired) electrons. The van der Waals surface area contributed by atoms with Crippen LogP contribution in [0.15, 0.2) is 47.4 Å². The lowest BCUT2D eigenvalue weighted by Crippen LogP contribution is -2.42. The summed E-state index contributed by atoms with van der Waals surface area (Å²) in [5.74, 6) is -0.248. The number of fused-ring (bicyclic) bond motifs is 1. The number of benzene rings is 2. The number of hydrogen-bond donors (Lipinski definition) is 3. The third-order valence-corrected chi connectivity index (χ3v) is 5.53. The Morgan fingerprint density at radius 2 is 1.52 bits per heavy atom. The van der Waals surface area contributed by atoms with Crippen LogP contribution in [0.2, 0.25) is 0 Å². The Balaban J connectivity index is 1.67. The number of ether oxygens (including phenoxy) is 2. The summed E-state index contributed by atoms with van der Waals surface area (Å²) in [6.45, 7) is 5.23. The molecule has 2 aromatic rings. The molecule has 1 aliphatic heterocycles. The van der Waals surface area contributed by atoms with Gasteiger partial charge in [0.2, 0.25) is 16.8 Å². The number of carbonyl (C=O) groups is 2. The molecule has 3 rings (SSSR count). The highest BCUT2D eigenvalue weighted by atomic mass is 32.2. The second-order valence-corrected chi connectivity index (χ2v) is 9.04. The van der Waals surface area contributed by atoms with Gasteiger partial charge in [0.1, 0.15) is 0 Å². The van der Waals surface area contributed by atoms with Gasteiger partial charge >= 0.3 is 0 Å². The van der Waals surface area contributed by atoms with Gasteiger partial charge in [0, 0.05) is 16.7 Å². The van der Waals surface area contributed by atoms with E-state index in [1.54, 1.807) is 26.8 Å². The second kappa shape index (κ2) is 7.72. The van der Waals surface area contributed by atoms with E-state index in [4.69, 9.17) is 9.47 Å². The average Bonchev–Trinajstić information content (AvgIpc) is 3.11. The molecule has 1 aliphatic rings. The van der Waals surface area contributed by atoms with Crippen molar-refractivity contribution in [3.05, 3.63) is 53.6 Å². The summed E-state index contributed by atoms with van der Waals surface area (Å²) in [5.41, 5.74) is 4.22. The highest BCUT2D eigenvalue weighted by molar-refractivity contribution is 7.89. The Labute approximate surface area is 168 Å². The van der Waals surface area contributed by atoms with Gasteiger partial charge in [-0.05, 0) is 57.2 Å². The standard InChI is InChI=1S/C19H21N3O6S/c1-19(2,3)22-29(25,26)14-6-4-5-12(9-14)17(23)20-21-18(24)13-7-8-15-16(10-13)28-11-27-15/h4-10,22H,11H2,1-3H3,(H,20,23)(H,21,24). The quantitative estimate of drug-likeness (QED) is 0.647. The van der Waals surface area contributed by atoms with Gasteiger partial charge in [-0.3, -0.25) is 20.4 Å². The predicted octanol–water partition coefficient (Wildman–Crippen LogP) is 1.57. The highest BCUT2D eigenvalue weighted by Crippen LogP contribution is 2.32. The molecule has 154 valence electrons. The monoisotopic (exact) mass is 419 g/mol. The summed E-state index contributed by atoms with van der Waals surface area (Å²) in [5, 5.41) is 0. The molecule has 1 heterocycles. The number of amides is 2. The number of hydrogen-bond acceptors (Lipinski definition) is 6. The summed E-state index contributed by atoms with van der Waals surface area (Å²) in [4.78, 5) is 24.5. The van der Waals surface area contributed by atoms with Crippen LogP contribution in [0, 0.1) is 0 Å². The minimum atomic E-state index is -3.80. The van der Waals surface area contributed by atoms with Gasteiger partial charge in [0.25, 0.3) is 11.8 Å². The number of carbonyl (C=O) groups excluding carboxylic acids is 2. The van der Waals surface area contributed by atoms with E-state index in [1.807, 2.05) is 0 Å². The fourth-order valence-corrected chi connectivity index (χ4v) is 4.03. The maximum absolute atomic E-state index is 12.4. The predicted molar refractivity (Wildman–Crippen MR) is 104 cm³/mol. The molecule has 0 aliphatic carbocycles. The minimum Gasteiger partial charge on any atom is -0.454 e. The summed E-state index contributed by atoms with van der Waals surface area (Å²) >= 11 is 0. The number of rotatable bonds is 4. The maximum Gasteiger partial charge on any atom is 0.269 e. The maximum atomic E-state index is 12.4. The molecule has 3 N–H and O–H groups in total. The molecule has 0 unspecified atom stereocenters. The van der Waals surface area contributed by atoms with Crippen LogP contribution in [0.25, 0.3) is 0 Å². The Morgan fingerprint density at radius 1 is 0.897 bits per heavy atom. The van der Waals surface area contributed by atoms with Crippen molar-refractivity contribution in [2.45, 2.75) is 31.2 Å². The first kappa shape index (κ1) is 20.6. The van der Waals surface area contributed by atoms with Gasteiger partial charge in [-0.15, -0.1) is 0 Å². The van der Waals surface area contributed by atoms with Crippen LogP contribution < -0.4 is 25.0 Å². The molecule has 0 bridgehead atoms. The van der Waals surface area contributed by atoms with Crippen LogP contribution in [0.4, 0.5) is 0 Å². The van der Waals surface area contributed by atoms with E-state index in [1.165, 1.54) is 36.4 Å². The highest BCUT2D eigenvalue weighted by Gasteiger charge is 2.23. The smallest absolute Gasteiger partial charge is 0.269 e. The Morgan fingerprint density at radius 3 is 2.17 bits per heavy atom. The van der Waals surface area contributed by atoms with Crippen LogP contribution in [0.3, 0.4) is 0 Å². The molecule has 0 spiro atoms. The number of nitrogens with one attached hydrogen (secondary N) is 3. The van der Waals surface area contributed by atoms with E-state index in [0.717, 1.165) is 0 Å². The van der Waals surface area contributed by atoms with Crippen LogP contribution in [-0.2, 0) is 10.0 Å².